The minimum Gasteiger partial charge on any atom is -0.476 e. The second kappa shape index (κ2) is 9.38. The number of nitrogens with one attached hydrogen (secondary N) is 2. The van der Waals surface area contributed by atoms with Gasteiger partial charge in [0.15, 0.2) is 5.69 Å². The molecule has 3 N–H and O–H groups in total. The van der Waals surface area contributed by atoms with Crippen LogP contribution in [0, 0.1) is 5.92 Å². The number of aromatic nitrogens is 2. The maximum absolute atomic E-state index is 12.8. The van der Waals surface area contributed by atoms with Crippen molar-refractivity contribution in [1.29, 1.82) is 0 Å². The van der Waals surface area contributed by atoms with E-state index in [4.69, 9.17) is 9.84 Å². The van der Waals surface area contributed by atoms with E-state index in [1.165, 1.54) is 17.8 Å². The molecule has 34 heavy (non-hydrogen) atoms. The summed E-state index contributed by atoms with van der Waals surface area (Å²) < 4.78 is 6.81. The number of hydrogen-bond acceptors (Lipinski definition) is 5. The molecular weight excluding hydrogens is 436 g/mol. The van der Waals surface area contributed by atoms with Crippen molar-refractivity contribution < 1.29 is 24.2 Å². The SMILES string of the molecule is CC(C)[C@H](NC(=O)OCC1c2ccccc2-c2ccccc21)C(=O)Nc1cc(C(=O)O)nn1C. The molecule has 0 bridgehead atoms. The molecule has 9 nitrogen and oxygen atoms in total. The van der Waals surface area contributed by atoms with Gasteiger partial charge in [-0.3, -0.25) is 9.48 Å². The van der Waals surface area contributed by atoms with E-state index in [0.29, 0.717) is 0 Å². The van der Waals surface area contributed by atoms with E-state index in [1.54, 1.807) is 13.8 Å². The first-order valence-corrected chi connectivity index (χ1v) is 11.0. The molecule has 0 aliphatic heterocycles. The summed E-state index contributed by atoms with van der Waals surface area (Å²) in [6.07, 6.45) is -0.702. The lowest BCUT2D eigenvalue weighted by molar-refractivity contribution is -0.119. The molecule has 1 atom stereocenters. The number of nitrogens with zero attached hydrogens (tertiary/aromatic N) is 2. The molecule has 3 aromatic rings. The summed E-state index contributed by atoms with van der Waals surface area (Å²) >= 11 is 0. The van der Waals surface area contributed by atoms with Crippen LogP contribution in [0.1, 0.15) is 41.4 Å². The van der Waals surface area contributed by atoms with Crippen LogP contribution in [0.25, 0.3) is 11.1 Å². The van der Waals surface area contributed by atoms with Crippen LogP contribution in [0.15, 0.2) is 54.6 Å². The van der Waals surface area contributed by atoms with Gasteiger partial charge in [0.25, 0.3) is 0 Å². The number of aryl methyl sites for hydroxylation is 1. The molecule has 2 aromatic carbocycles. The van der Waals surface area contributed by atoms with Gasteiger partial charge in [-0.15, -0.1) is 0 Å². The largest absolute Gasteiger partial charge is 0.476 e. The number of carboxylic acids is 1. The number of alkyl carbamates (subject to hydrolysis) is 1. The minimum absolute atomic E-state index is 0.0895. The highest BCUT2D eigenvalue weighted by Crippen LogP contribution is 2.44. The van der Waals surface area contributed by atoms with Gasteiger partial charge in [-0.05, 0) is 28.2 Å². The van der Waals surface area contributed by atoms with Gasteiger partial charge in [-0.2, -0.15) is 5.10 Å². The molecule has 1 aromatic heterocycles. The summed E-state index contributed by atoms with van der Waals surface area (Å²) in [6.45, 7) is 3.72. The number of amides is 2. The molecule has 2 amide bonds. The second-order valence-electron chi connectivity index (χ2n) is 8.52. The number of hydrogen-bond donors (Lipinski definition) is 3. The third kappa shape index (κ3) is 4.50. The first-order valence-electron chi connectivity index (χ1n) is 11.0. The lowest BCUT2D eigenvalue weighted by Gasteiger charge is -2.22. The molecule has 1 aliphatic rings. The lowest BCUT2D eigenvalue weighted by atomic mass is 9.98. The Balaban J connectivity index is 1.42. The van der Waals surface area contributed by atoms with Crippen molar-refractivity contribution in [2.24, 2.45) is 13.0 Å². The van der Waals surface area contributed by atoms with Crippen LogP contribution >= 0.6 is 0 Å². The number of rotatable bonds is 7. The van der Waals surface area contributed by atoms with E-state index in [2.05, 4.69) is 27.9 Å². The smallest absolute Gasteiger partial charge is 0.407 e. The monoisotopic (exact) mass is 462 g/mol. The molecule has 1 heterocycles. The van der Waals surface area contributed by atoms with Crippen LogP contribution in [0.2, 0.25) is 0 Å². The average molecular weight is 463 g/mol. The summed E-state index contributed by atoms with van der Waals surface area (Å²) in [5.74, 6) is -1.82. The standard InChI is InChI=1S/C25H26N4O5/c1-14(2)22(23(30)26-21-12-20(24(31)32)28-29(21)3)27-25(33)34-13-19-17-10-6-4-8-15(17)16-9-5-7-11-18(16)19/h4-12,14,19,22H,13H2,1-3H3,(H,26,30)(H,27,33)(H,31,32)/t22-/m0/s1. The van der Waals surface area contributed by atoms with Crippen molar-refractivity contribution in [1.82, 2.24) is 15.1 Å². The van der Waals surface area contributed by atoms with Crippen molar-refractivity contribution in [3.8, 4) is 11.1 Å². The third-order valence-electron chi connectivity index (χ3n) is 5.92. The van der Waals surface area contributed by atoms with Crippen LogP contribution < -0.4 is 10.6 Å². The number of fused-ring (bicyclic) bond motifs is 3. The first-order chi connectivity index (χ1) is 16.3. The van der Waals surface area contributed by atoms with Gasteiger partial charge in [0.1, 0.15) is 18.5 Å². The summed E-state index contributed by atoms with van der Waals surface area (Å²) in [6, 6.07) is 16.4. The Morgan fingerprint density at radius 2 is 1.65 bits per heavy atom. The summed E-state index contributed by atoms with van der Waals surface area (Å²) in [5, 5.41) is 18.2. The number of carbonyl (C=O) groups is 3. The number of aromatic carboxylic acids is 1. The van der Waals surface area contributed by atoms with Crippen LogP contribution in [0.5, 0.6) is 0 Å². The Morgan fingerprint density at radius 1 is 1.06 bits per heavy atom. The Kier molecular flexibility index (Phi) is 6.36. The van der Waals surface area contributed by atoms with E-state index in [9.17, 15) is 14.4 Å². The molecule has 0 saturated heterocycles. The third-order valence-corrected chi connectivity index (χ3v) is 5.92. The maximum Gasteiger partial charge on any atom is 0.407 e. The Labute approximate surface area is 196 Å². The fourth-order valence-corrected chi connectivity index (χ4v) is 4.19. The predicted molar refractivity (Wildman–Crippen MR) is 126 cm³/mol. The molecular formula is C25H26N4O5. The van der Waals surface area contributed by atoms with Crippen molar-refractivity contribution >= 4 is 23.8 Å². The van der Waals surface area contributed by atoms with Crippen molar-refractivity contribution in [3.05, 3.63) is 71.4 Å². The molecule has 0 spiro atoms. The average Bonchev–Trinajstić information content (AvgIpc) is 3.33. The lowest BCUT2D eigenvalue weighted by Crippen LogP contribution is -2.47. The van der Waals surface area contributed by atoms with E-state index < -0.39 is 24.0 Å². The highest BCUT2D eigenvalue weighted by atomic mass is 16.5. The quantitative estimate of drug-likeness (QED) is 0.493. The summed E-state index contributed by atoms with van der Waals surface area (Å²) in [5.41, 5.74) is 4.26. The Bertz CT molecular complexity index is 1200. The van der Waals surface area contributed by atoms with E-state index in [-0.39, 0.29) is 30.0 Å². The topological polar surface area (TPSA) is 123 Å². The van der Waals surface area contributed by atoms with E-state index in [0.717, 1.165) is 22.3 Å². The molecule has 0 fully saturated rings. The fourth-order valence-electron chi connectivity index (χ4n) is 4.19. The highest BCUT2D eigenvalue weighted by molar-refractivity contribution is 5.97. The van der Waals surface area contributed by atoms with E-state index in [1.807, 2.05) is 36.4 Å². The second-order valence-corrected chi connectivity index (χ2v) is 8.52. The van der Waals surface area contributed by atoms with Gasteiger partial charge >= 0.3 is 12.1 Å². The van der Waals surface area contributed by atoms with Crippen molar-refractivity contribution in [2.75, 3.05) is 11.9 Å². The van der Waals surface area contributed by atoms with Crippen LogP contribution in [0.3, 0.4) is 0 Å². The van der Waals surface area contributed by atoms with Gasteiger partial charge in [-0.1, -0.05) is 62.4 Å². The molecule has 0 unspecified atom stereocenters. The first kappa shape index (κ1) is 23.0. The molecule has 176 valence electrons. The zero-order valence-electron chi connectivity index (χ0n) is 19.1. The number of carbonyl (C=O) groups excluding carboxylic acids is 2. The Morgan fingerprint density at radius 3 is 2.18 bits per heavy atom. The predicted octanol–water partition coefficient (Wildman–Crippen LogP) is 3.62. The molecule has 0 saturated carbocycles. The van der Waals surface area contributed by atoms with E-state index >= 15 is 0 Å². The number of ether oxygens (including phenoxy) is 1. The van der Waals surface area contributed by atoms with Crippen molar-refractivity contribution in [2.45, 2.75) is 25.8 Å². The molecule has 9 heteroatoms. The van der Waals surface area contributed by atoms with Crippen LogP contribution in [-0.2, 0) is 16.6 Å². The summed E-state index contributed by atoms with van der Waals surface area (Å²) in [4.78, 5) is 36.6. The van der Waals surface area contributed by atoms with Crippen LogP contribution in [0.4, 0.5) is 10.6 Å². The minimum atomic E-state index is -1.20. The Hall–Kier alpha value is -4.14. The van der Waals surface area contributed by atoms with Gasteiger partial charge in [0, 0.05) is 19.0 Å². The van der Waals surface area contributed by atoms with Crippen molar-refractivity contribution in [3.63, 3.8) is 0 Å². The number of benzene rings is 2. The van der Waals surface area contributed by atoms with Gasteiger partial charge in [0.05, 0.1) is 0 Å². The zero-order chi connectivity index (χ0) is 24.4. The normalized spacial score (nSPS) is 13.2. The number of anilines is 1. The zero-order valence-corrected chi connectivity index (χ0v) is 19.1. The highest BCUT2D eigenvalue weighted by Gasteiger charge is 2.30. The van der Waals surface area contributed by atoms with Gasteiger partial charge in [-0.25, -0.2) is 9.59 Å². The maximum atomic E-state index is 12.8. The summed E-state index contributed by atoms with van der Waals surface area (Å²) in [7, 11) is 1.52. The van der Waals surface area contributed by atoms with Gasteiger partial charge < -0.3 is 20.5 Å². The molecule has 1 aliphatic carbocycles. The van der Waals surface area contributed by atoms with Crippen LogP contribution in [-0.4, -0.2) is 45.5 Å². The molecule has 4 rings (SSSR count). The molecule has 0 radical (unpaired) electrons. The fraction of sp³-hybridized carbons (Fsp3) is 0.280. The van der Waals surface area contributed by atoms with Gasteiger partial charge in [0.2, 0.25) is 5.91 Å². The number of carboxylic acid groups (broad SMARTS) is 1.